The van der Waals surface area contributed by atoms with E-state index in [9.17, 15) is 9.59 Å². The van der Waals surface area contributed by atoms with Crippen molar-refractivity contribution in [2.45, 2.75) is 25.8 Å². The van der Waals surface area contributed by atoms with E-state index in [0.29, 0.717) is 6.42 Å². The average molecular weight is 340 g/mol. The maximum Gasteiger partial charge on any atom is 0.228 e. The fraction of sp³-hybridized carbons (Fsp3) is 0.368. The number of carbonyl (C=O) groups excluding carboxylic acids is 2. The van der Waals surface area contributed by atoms with Gasteiger partial charge < -0.3 is 9.80 Å². The molecular formula is C19H20N2O2S. The van der Waals surface area contributed by atoms with Gasteiger partial charge in [-0.3, -0.25) is 9.59 Å². The molecule has 2 fully saturated rings. The SMILES string of the molecule is Cc1ccc(N2C(=O)CC(C(=O)N3CCC3)C2c2cccs2)cc1. The normalized spacial score (nSPS) is 23.5. The van der Waals surface area contributed by atoms with E-state index in [-0.39, 0.29) is 23.8 Å². The number of nitrogens with zero attached hydrogens (tertiary/aromatic N) is 2. The van der Waals surface area contributed by atoms with Crippen molar-refractivity contribution in [3.63, 3.8) is 0 Å². The Hall–Kier alpha value is -2.14. The summed E-state index contributed by atoms with van der Waals surface area (Å²) in [5.41, 5.74) is 2.04. The van der Waals surface area contributed by atoms with Crippen molar-refractivity contribution in [1.82, 2.24) is 4.90 Å². The lowest BCUT2D eigenvalue weighted by atomic mass is 9.95. The highest BCUT2D eigenvalue weighted by atomic mass is 32.1. The van der Waals surface area contributed by atoms with E-state index in [1.807, 2.05) is 58.5 Å². The van der Waals surface area contributed by atoms with Crippen molar-refractivity contribution < 1.29 is 9.59 Å². The number of amides is 2. The number of carbonyl (C=O) groups is 2. The summed E-state index contributed by atoms with van der Waals surface area (Å²) in [6, 6.07) is 11.8. The molecule has 5 heteroatoms. The van der Waals surface area contributed by atoms with Gasteiger partial charge in [0.1, 0.15) is 0 Å². The fourth-order valence-corrected chi connectivity index (χ4v) is 4.40. The van der Waals surface area contributed by atoms with Crippen LogP contribution in [-0.4, -0.2) is 29.8 Å². The number of hydrogen-bond acceptors (Lipinski definition) is 3. The fourth-order valence-electron chi connectivity index (χ4n) is 3.52. The monoisotopic (exact) mass is 340 g/mol. The van der Waals surface area contributed by atoms with Gasteiger partial charge in [-0.25, -0.2) is 0 Å². The summed E-state index contributed by atoms with van der Waals surface area (Å²) in [6.45, 7) is 3.68. The van der Waals surface area contributed by atoms with Crippen molar-refractivity contribution >= 4 is 28.8 Å². The van der Waals surface area contributed by atoms with Crippen LogP contribution in [-0.2, 0) is 9.59 Å². The Morgan fingerprint density at radius 2 is 1.92 bits per heavy atom. The molecule has 0 aliphatic carbocycles. The van der Waals surface area contributed by atoms with Gasteiger partial charge in [-0.2, -0.15) is 0 Å². The van der Waals surface area contributed by atoms with E-state index in [1.165, 1.54) is 0 Å². The van der Waals surface area contributed by atoms with Gasteiger partial charge in [-0.15, -0.1) is 11.3 Å². The molecule has 0 spiro atoms. The largest absolute Gasteiger partial charge is 0.342 e. The zero-order valence-corrected chi connectivity index (χ0v) is 14.5. The first-order valence-corrected chi connectivity index (χ1v) is 9.24. The van der Waals surface area contributed by atoms with Gasteiger partial charge in [-0.05, 0) is 36.9 Å². The van der Waals surface area contributed by atoms with Crippen LogP contribution in [0.4, 0.5) is 5.69 Å². The van der Waals surface area contributed by atoms with Crippen LogP contribution in [0.15, 0.2) is 41.8 Å². The molecule has 2 aliphatic heterocycles. The van der Waals surface area contributed by atoms with Gasteiger partial charge >= 0.3 is 0 Å². The zero-order chi connectivity index (χ0) is 16.7. The molecule has 2 aliphatic rings. The number of aryl methyl sites for hydroxylation is 1. The molecule has 0 saturated carbocycles. The molecule has 2 atom stereocenters. The van der Waals surface area contributed by atoms with Gasteiger partial charge in [0.05, 0.1) is 12.0 Å². The van der Waals surface area contributed by atoms with Gasteiger partial charge in [-0.1, -0.05) is 23.8 Å². The topological polar surface area (TPSA) is 40.6 Å². The minimum Gasteiger partial charge on any atom is -0.342 e. The molecule has 2 unspecified atom stereocenters. The Labute approximate surface area is 145 Å². The molecule has 1 aromatic heterocycles. The highest BCUT2D eigenvalue weighted by Gasteiger charge is 2.47. The Kier molecular flexibility index (Phi) is 3.88. The van der Waals surface area contributed by atoms with E-state index >= 15 is 0 Å². The Morgan fingerprint density at radius 1 is 1.17 bits per heavy atom. The van der Waals surface area contributed by atoms with Crippen LogP contribution in [0.5, 0.6) is 0 Å². The molecule has 4 rings (SSSR count). The average Bonchev–Trinajstić information content (AvgIpc) is 3.13. The summed E-state index contributed by atoms with van der Waals surface area (Å²) in [7, 11) is 0. The third-order valence-corrected chi connectivity index (χ3v) is 5.90. The second-order valence-corrected chi connectivity index (χ2v) is 7.53. The molecule has 24 heavy (non-hydrogen) atoms. The number of rotatable bonds is 3. The van der Waals surface area contributed by atoms with E-state index in [0.717, 1.165) is 35.6 Å². The van der Waals surface area contributed by atoms with Crippen LogP contribution in [0.2, 0.25) is 0 Å². The number of likely N-dealkylation sites (tertiary alicyclic amines) is 1. The molecule has 0 radical (unpaired) electrons. The first kappa shape index (κ1) is 15.4. The standard InChI is InChI=1S/C19H20N2O2S/c1-13-5-7-14(8-6-13)21-17(22)12-15(19(23)20-9-3-10-20)18(21)16-4-2-11-24-16/h2,4-8,11,15,18H,3,9-10,12H2,1H3. The highest BCUT2D eigenvalue weighted by molar-refractivity contribution is 7.10. The molecule has 124 valence electrons. The first-order chi connectivity index (χ1) is 11.6. The third kappa shape index (κ3) is 2.53. The second-order valence-electron chi connectivity index (χ2n) is 6.55. The molecular weight excluding hydrogens is 320 g/mol. The Bertz CT molecular complexity index is 750. The number of hydrogen-bond donors (Lipinski definition) is 0. The van der Waals surface area contributed by atoms with Crippen LogP contribution in [0, 0.1) is 12.8 Å². The van der Waals surface area contributed by atoms with Crippen LogP contribution >= 0.6 is 11.3 Å². The molecule has 0 bridgehead atoms. The summed E-state index contributed by atoms with van der Waals surface area (Å²) in [4.78, 5) is 30.4. The van der Waals surface area contributed by atoms with Crippen molar-refractivity contribution in [2.75, 3.05) is 18.0 Å². The Balaban J connectivity index is 1.72. The number of thiophene rings is 1. The van der Waals surface area contributed by atoms with Crippen molar-refractivity contribution in [2.24, 2.45) is 5.92 Å². The minimum atomic E-state index is -0.280. The van der Waals surface area contributed by atoms with Gasteiger partial charge in [0.15, 0.2) is 0 Å². The van der Waals surface area contributed by atoms with E-state index < -0.39 is 0 Å². The second kappa shape index (κ2) is 6.06. The van der Waals surface area contributed by atoms with E-state index in [2.05, 4.69) is 0 Å². The number of benzene rings is 1. The van der Waals surface area contributed by atoms with Gasteiger partial charge in [0.25, 0.3) is 0 Å². The minimum absolute atomic E-state index is 0.0381. The van der Waals surface area contributed by atoms with Crippen LogP contribution in [0.1, 0.15) is 29.3 Å². The predicted octanol–water partition coefficient (Wildman–Crippen LogP) is 3.38. The lowest BCUT2D eigenvalue weighted by molar-refractivity contribution is -0.139. The van der Waals surface area contributed by atoms with Crippen LogP contribution in [0.3, 0.4) is 0 Å². The summed E-state index contributed by atoms with van der Waals surface area (Å²) in [5, 5.41) is 2.01. The first-order valence-electron chi connectivity index (χ1n) is 8.36. The molecule has 1 aromatic carbocycles. The van der Waals surface area contributed by atoms with Gasteiger partial charge in [0.2, 0.25) is 11.8 Å². The molecule has 3 heterocycles. The maximum atomic E-state index is 12.9. The lowest BCUT2D eigenvalue weighted by Crippen LogP contribution is -2.46. The molecule has 0 N–H and O–H groups in total. The van der Waals surface area contributed by atoms with Crippen molar-refractivity contribution in [3.05, 3.63) is 52.2 Å². The molecule has 2 saturated heterocycles. The quantitative estimate of drug-likeness (QED) is 0.859. The van der Waals surface area contributed by atoms with Crippen LogP contribution < -0.4 is 4.90 Å². The van der Waals surface area contributed by atoms with Crippen molar-refractivity contribution in [3.8, 4) is 0 Å². The number of anilines is 1. The van der Waals surface area contributed by atoms with Gasteiger partial charge in [0, 0.05) is 30.1 Å². The van der Waals surface area contributed by atoms with E-state index in [4.69, 9.17) is 0 Å². The summed E-state index contributed by atoms with van der Waals surface area (Å²) >= 11 is 1.62. The van der Waals surface area contributed by atoms with Crippen LogP contribution in [0.25, 0.3) is 0 Å². The summed E-state index contributed by atoms with van der Waals surface area (Å²) in [5.74, 6) is -0.114. The molecule has 4 nitrogen and oxygen atoms in total. The van der Waals surface area contributed by atoms with Crippen molar-refractivity contribution in [1.29, 1.82) is 0 Å². The summed E-state index contributed by atoms with van der Waals surface area (Å²) in [6.07, 6.45) is 1.36. The summed E-state index contributed by atoms with van der Waals surface area (Å²) < 4.78 is 0. The predicted molar refractivity (Wildman–Crippen MR) is 95.0 cm³/mol. The smallest absolute Gasteiger partial charge is 0.228 e. The third-order valence-electron chi connectivity index (χ3n) is 4.95. The zero-order valence-electron chi connectivity index (χ0n) is 13.6. The van der Waals surface area contributed by atoms with E-state index in [1.54, 1.807) is 11.3 Å². The Morgan fingerprint density at radius 3 is 2.50 bits per heavy atom. The maximum absolute atomic E-state index is 12.9. The molecule has 2 amide bonds. The highest BCUT2D eigenvalue weighted by Crippen LogP contribution is 2.44. The molecule has 2 aromatic rings. The lowest BCUT2D eigenvalue weighted by Gasteiger charge is -2.35.